The predicted octanol–water partition coefficient (Wildman–Crippen LogP) is 2.47. The van der Waals surface area contributed by atoms with E-state index in [0.717, 1.165) is 38.2 Å². The quantitative estimate of drug-likeness (QED) is 0.794. The highest BCUT2D eigenvalue weighted by Crippen LogP contribution is 2.20. The number of benzene rings is 1. The number of piperidine rings is 1. The lowest BCUT2D eigenvalue weighted by Crippen LogP contribution is -2.34. The minimum atomic E-state index is -0.129. The first kappa shape index (κ1) is 15.8. The van der Waals surface area contributed by atoms with E-state index in [9.17, 15) is 9.90 Å². The van der Waals surface area contributed by atoms with Gasteiger partial charge in [-0.3, -0.25) is 9.69 Å². The lowest BCUT2D eigenvalue weighted by atomic mass is 9.97. The zero-order valence-corrected chi connectivity index (χ0v) is 13.2. The molecule has 2 aromatic rings. The summed E-state index contributed by atoms with van der Waals surface area (Å²) in [4.78, 5) is 17.4. The Bertz CT molecular complexity index is 631. The summed E-state index contributed by atoms with van der Waals surface area (Å²) < 4.78 is 0. The number of nitrogens with zero attached hydrogens (tertiary/aromatic N) is 1. The van der Waals surface area contributed by atoms with Gasteiger partial charge >= 0.3 is 0 Å². The number of aromatic nitrogens is 1. The fourth-order valence-corrected chi connectivity index (χ4v) is 3.00. The van der Waals surface area contributed by atoms with Crippen molar-refractivity contribution in [3.8, 4) is 0 Å². The van der Waals surface area contributed by atoms with Gasteiger partial charge in [0.05, 0.1) is 0 Å². The maximum Gasteiger partial charge on any atom is 0.272 e. The molecule has 0 unspecified atom stereocenters. The lowest BCUT2D eigenvalue weighted by molar-refractivity contribution is 0.102. The summed E-state index contributed by atoms with van der Waals surface area (Å²) in [5.41, 5.74) is 2.56. The molecule has 0 aliphatic carbocycles. The molecule has 1 saturated heterocycles. The van der Waals surface area contributed by atoms with Gasteiger partial charge in [-0.05, 0) is 61.7 Å². The Hall–Kier alpha value is -2.11. The van der Waals surface area contributed by atoms with Crippen LogP contribution in [0.2, 0.25) is 0 Å². The van der Waals surface area contributed by atoms with Crippen LogP contribution >= 0.6 is 0 Å². The molecule has 5 heteroatoms. The molecule has 1 aliphatic heterocycles. The van der Waals surface area contributed by atoms with E-state index in [0.29, 0.717) is 18.2 Å². The number of rotatable bonds is 5. The monoisotopic (exact) mass is 313 g/mol. The molecule has 1 aromatic heterocycles. The first-order chi connectivity index (χ1) is 11.2. The third-order valence-electron chi connectivity index (χ3n) is 4.40. The second-order valence-electron chi connectivity index (χ2n) is 6.14. The normalized spacial score (nSPS) is 16.4. The Kier molecular flexibility index (Phi) is 5.10. The van der Waals surface area contributed by atoms with E-state index in [1.165, 1.54) is 5.56 Å². The predicted molar refractivity (Wildman–Crippen MR) is 90.3 cm³/mol. The van der Waals surface area contributed by atoms with Crippen molar-refractivity contribution in [1.82, 2.24) is 9.88 Å². The molecule has 1 fully saturated rings. The van der Waals surface area contributed by atoms with Crippen LogP contribution in [0.4, 0.5) is 5.69 Å². The molecule has 0 radical (unpaired) electrons. The molecule has 2 heterocycles. The number of carbonyl (C=O) groups excluding carboxylic acids is 1. The number of aromatic amines is 1. The van der Waals surface area contributed by atoms with Crippen molar-refractivity contribution in [2.75, 3.05) is 25.0 Å². The molecule has 0 atom stereocenters. The van der Waals surface area contributed by atoms with Crippen LogP contribution in [0.5, 0.6) is 0 Å². The van der Waals surface area contributed by atoms with Crippen LogP contribution in [0.1, 0.15) is 28.9 Å². The van der Waals surface area contributed by atoms with Gasteiger partial charge in [-0.1, -0.05) is 12.1 Å². The van der Waals surface area contributed by atoms with Gasteiger partial charge in [0.1, 0.15) is 5.69 Å². The third kappa shape index (κ3) is 4.21. The second-order valence-corrected chi connectivity index (χ2v) is 6.14. The van der Waals surface area contributed by atoms with Crippen LogP contribution in [0.15, 0.2) is 42.6 Å². The molecule has 23 heavy (non-hydrogen) atoms. The highest BCUT2D eigenvalue weighted by atomic mass is 16.3. The average Bonchev–Trinajstić information content (AvgIpc) is 3.10. The van der Waals surface area contributed by atoms with Crippen molar-refractivity contribution in [2.45, 2.75) is 19.4 Å². The average molecular weight is 313 g/mol. The van der Waals surface area contributed by atoms with Crippen LogP contribution < -0.4 is 5.32 Å². The minimum Gasteiger partial charge on any atom is -0.396 e. The Balaban J connectivity index is 1.58. The van der Waals surface area contributed by atoms with Crippen molar-refractivity contribution >= 4 is 11.6 Å². The van der Waals surface area contributed by atoms with Crippen molar-refractivity contribution in [2.24, 2.45) is 5.92 Å². The van der Waals surface area contributed by atoms with E-state index in [1.54, 1.807) is 18.3 Å². The summed E-state index contributed by atoms with van der Waals surface area (Å²) in [7, 11) is 0. The van der Waals surface area contributed by atoms with Gasteiger partial charge in [-0.2, -0.15) is 0 Å². The summed E-state index contributed by atoms with van der Waals surface area (Å²) in [5.74, 6) is 0.327. The van der Waals surface area contributed by atoms with Gasteiger partial charge < -0.3 is 15.4 Å². The summed E-state index contributed by atoms with van der Waals surface area (Å²) in [6.45, 7) is 3.22. The SMILES string of the molecule is O=C(Nc1cccc(CN2CCC(CO)CC2)c1)c1ccc[nH]1. The molecular weight excluding hydrogens is 290 g/mol. The Morgan fingerprint density at radius 2 is 2.09 bits per heavy atom. The van der Waals surface area contributed by atoms with Crippen molar-refractivity contribution in [3.63, 3.8) is 0 Å². The van der Waals surface area contributed by atoms with Crippen LogP contribution in [0, 0.1) is 5.92 Å². The number of anilines is 1. The number of aliphatic hydroxyl groups excluding tert-OH is 1. The highest BCUT2D eigenvalue weighted by Gasteiger charge is 2.18. The molecule has 0 saturated carbocycles. The first-order valence-electron chi connectivity index (χ1n) is 8.11. The van der Waals surface area contributed by atoms with Gasteiger partial charge in [0, 0.05) is 25.0 Å². The first-order valence-corrected chi connectivity index (χ1v) is 8.11. The zero-order valence-electron chi connectivity index (χ0n) is 13.2. The Morgan fingerprint density at radius 3 is 2.78 bits per heavy atom. The molecule has 1 aromatic carbocycles. The number of H-pyrrole nitrogens is 1. The van der Waals surface area contributed by atoms with E-state index in [2.05, 4.69) is 21.3 Å². The van der Waals surface area contributed by atoms with Crippen LogP contribution in [0.25, 0.3) is 0 Å². The molecular formula is C18H23N3O2. The summed E-state index contributed by atoms with van der Waals surface area (Å²) >= 11 is 0. The smallest absolute Gasteiger partial charge is 0.272 e. The summed E-state index contributed by atoms with van der Waals surface area (Å²) in [6, 6.07) is 11.6. The topological polar surface area (TPSA) is 68.4 Å². The molecule has 3 N–H and O–H groups in total. The molecule has 1 amide bonds. The third-order valence-corrected chi connectivity index (χ3v) is 4.40. The van der Waals surface area contributed by atoms with E-state index in [-0.39, 0.29) is 5.91 Å². The van der Waals surface area contributed by atoms with Crippen molar-refractivity contribution in [1.29, 1.82) is 0 Å². The molecule has 3 rings (SSSR count). The highest BCUT2D eigenvalue weighted by molar-refractivity contribution is 6.02. The van der Waals surface area contributed by atoms with Gasteiger partial charge in [-0.25, -0.2) is 0 Å². The molecule has 122 valence electrons. The van der Waals surface area contributed by atoms with Crippen molar-refractivity contribution < 1.29 is 9.90 Å². The molecule has 0 spiro atoms. The number of aliphatic hydroxyl groups is 1. The number of hydrogen-bond acceptors (Lipinski definition) is 3. The van der Waals surface area contributed by atoms with E-state index < -0.39 is 0 Å². The Morgan fingerprint density at radius 1 is 1.26 bits per heavy atom. The standard InChI is InChI=1S/C18H23N3O2/c22-13-14-6-9-21(10-7-14)12-15-3-1-4-16(11-15)20-18(23)17-5-2-8-19-17/h1-5,8,11,14,19,22H,6-7,9-10,12-13H2,(H,20,23). The minimum absolute atomic E-state index is 0.129. The summed E-state index contributed by atoms with van der Waals surface area (Å²) in [6.07, 6.45) is 3.85. The largest absolute Gasteiger partial charge is 0.396 e. The van der Waals surface area contributed by atoms with Crippen LogP contribution in [-0.2, 0) is 6.54 Å². The second kappa shape index (κ2) is 7.44. The van der Waals surface area contributed by atoms with E-state index in [4.69, 9.17) is 0 Å². The zero-order chi connectivity index (χ0) is 16.1. The molecule has 1 aliphatic rings. The molecule has 5 nitrogen and oxygen atoms in total. The fourth-order valence-electron chi connectivity index (χ4n) is 3.00. The fraction of sp³-hybridized carbons (Fsp3) is 0.389. The van der Waals surface area contributed by atoms with Gasteiger partial charge in [-0.15, -0.1) is 0 Å². The number of amides is 1. The lowest BCUT2D eigenvalue weighted by Gasteiger charge is -2.31. The summed E-state index contributed by atoms with van der Waals surface area (Å²) in [5, 5.41) is 12.1. The van der Waals surface area contributed by atoms with Gasteiger partial charge in [0.2, 0.25) is 0 Å². The Labute approximate surface area is 136 Å². The number of hydrogen-bond donors (Lipinski definition) is 3. The maximum atomic E-state index is 12.1. The van der Waals surface area contributed by atoms with Crippen LogP contribution in [0.3, 0.4) is 0 Å². The van der Waals surface area contributed by atoms with Gasteiger partial charge in [0.25, 0.3) is 5.91 Å². The van der Waals surface area contributed by atoms with Crippen molar-refractivity contribution in [3.05, 3.63) is 53.9 Å². The van der Waals surface area contributed by atoms with Crippen LogP contribution in [-0.4, -0.2) is 40.6 Å². The number of nitrogens with one attached hydrogen (secondary N) is 2. The maximum absolute atomic E-state index is 12.1. The number of carbonyl (C=O) groups is 1. The van der Waals surface area contributed by atoms with E-state index in [1.807, 2.05) is 18.2 Å². The number of likely N-dealkylation sites (tertiary alicyclic amines) is 1. The van der Waals surface area contributed by atoms with Gasteiger partial charge in [0.15, 0.2) is 0 Å². The van der Waals surface area contributed by atoms with E-state index >= 15 is 0 Å². The molecule has 0 bridgehead atoms.